The fourth-order valence-corrected chi connectivity index (χ4v) is 4.76. The van der Waals surface area contributed by atoms with E-state index in [-0.39, 0.29) is 23.2 Å². The summed E-state index contributed by atoms with van der Waals surface area (Å²) in [4.78, 5) is 17.9. The van der Waals surface area contributed by atoms with Gasteiger partial charge in [0.25, 0.3) is 0 Å². The number of fused-ring (bicyclic) bond motifs is 1. The number of rotatable bonds is 7. The monoisotopic (exact) mass is 469 g/mol. The normalized spacial score (nSPS) is 11.4. The highest BCUT2D eigenvalue weighted by atomic mass is 19.1. The minimum Gasteiger partial charge on any atom is -0.292 e. The highest BCUT2D eigenvalue weighted by Gasteiger charge is 2.19. The van der Waals surface area contributed by atoms with Gasteiger partial charge < -0.3 is 0 Å². The molecule has 0 aliphatic heterocycles. The molecule has 2 aromatic heterocycles. The van der Waals surface area contributed by atoms with Gasteiger partial charge in [-0.25, -0.2) is 23.1 Å². The Labute approximate surface area is 202 Å². The molecule has 5 aromatic rings. The second-order valence-corrected chi connectivity index (χ2v) is 8.70. The number of pyridine rings is 1. The van der Waals surface area contributed by atoms with E-state index in [9.17, 15) is 13.6 Å². The Morgan fingerprint density at radius 2 is 1.49 bits per heavy atom. The molecule has 5 rings (SSSR count). The fourth-order valence-electron chi connectivity index (χ4n) is 4.76. The summed E-state index contributed by atoms with van der Waals surface area (Å²) < 4.78 is 30.6. The van der Waals surface area contributed by atoms with Crippen LogP contribution in [0.2, 0.25) is 0 Å². The Bertz CT molecular complexity index is 1460. The van der Waals surface area contributed by atoms with Crippen molar-refractivity contribution in [1.82, 2.24) is 14.1 Å². The van der Waals surface area contributed by atoms with Gasteiger partial charge in [0.15, 0.2) is 0 Å². The van der Waals surface area contributed by atoms with Crippen molar-refractivity contribution in [3.63, 3.8) is 0 Å². The van der Waals surface area contributed by atoms with E-state index in [1.165, 1.54) is 24.3 Å². The van der Waals surface area contributed by atoms with Crippen LogP contribution in [0.3, 0.4) is 0 Å². The quantitative estimate of drug-likeness (QED) is 0.277. The van der Waals surface area contributed by atoms with Gasteiger partial charge in [0, 0.05) is 18.7 Å². The first-order valence-corrected chi connectivity index (χ1v) is 11.7. The van der Waals surface area contributed by atoms with Gasteiger partial charge in [-0.1, -0.05) is 42.5 Å². The second-order valence-electron chi connectivity index (χ2n) is 8.70. The smallest absolute Gasteiger partial charge is 0.292 e. The molecule has 4 nitrogen and oxygen atoms in total. The van der Waals surface area contributed by atoms with E-state index in [1.807, 2.05) is 43.3 Å². The molecule has 0 unspecified atom stereocenters. The van der Waals surface area contributed by atoms with E-state index in [2.05, 4.69) is 4.98 Å². The Hall–Kier alpha value is -4.06. The van der Waals surface area contributed by atoms with Crippen LogP contribution in [0.5, 0.6) is 0 Å². The van der Waals surface area contributed by atoms with Gasteiger partial charge in [0.1, 0.15) is 17.5 Å². The molecule has 0 radical (unpaired) electrons. The molecule has 0 N–H and O–H groups in total. The molecule has 0 fully saturated rings. The summed E-state index contributed by atoms with van der Waals surface area (Å²) in [6, 6.07) is 24.3. The summed E-state index contributed by atoms with van der Waals surface area (Å²) in [5.74, 6) is -0.0458. The molecule has 3 aromatic carbocycles. The molecule has 0 saturated heterocycles. The van der Waals surface area contributed by atoms with E-state index in [0.717, 1.165) is 27.7 Å². The lowest BCUT2D eigenvalue weighted by Gasteiger charge is -2.18. The molecule has 6 heteroatoms. The summed E-state index contributed by atoms with van der Waals surface area (Å²) in [6.07, 6.45) is 3.10. The lowest BCUT2D eigenvalue weighted by atomic mass is 9.87. The molecule has 0 aliphatic carbocycles. The van der Waals surface area contributed by atoms with E-state index in [4.69, 9.17) is 0 Å². The van der Waals surface area contributed by atoms with Crippen LogP contribution in [-0.4, -0.2) is 14.1 Å². The van der Waals surface area contributed by atoms with Crippen LogP contribution in [0.1, 0.15) is 35.4 Å². The number of hydrogen-bond acceptors (Lipinski definition) is 2. The Balaban J connectivity index is 1.48. The van der Waals surface area contributed by atoms with E-state index >= 15 is 0 Å². The topological polar surface area (TPSA) is 39.8 Å². The lowest BCUT2D eigenvalue weighted by molar-refractivity contribution is 0.569. The molecule has 0 spiro atoms. The first-order chi connectivity index (χ1) is 17.0. The van der Waals surface area contributed by atoms with Gasteiger partial charge in [-0.2, -0.15) is 0 Å². The summed E-state index contributed by atoms with van der Waals surface area (Å²) >= 11 is 0. The number of hydrogen-bond donors (Lipinski definition) is 0. The Morgan fingerprint density at radius 1 is 0.829 bits per heavy atom. The number of aryl methyl sites for hydroxylation is 2. The fraction of sp³-hybridized carbons (Fsp3) is 0.172. The zero-order valence-corrected chi connectivity index (χ0v) is 19.4. The maximum atomic E-state index is 13.6. The van der Waals surface area contributed by atoms with Crippen molar-refractivity contribution in [3.8, 4) is 5.82 Å². The number of aromatic nitrogens is 3. The van der Waals surface area contributed by atoms with Gasteiger partial charge in [-0.05, 0) is 78.9 Å². The molecule has 0 saturated carbocycles. The average Bonchev–Trinajstić information content (AvgIpc) is 3.16. The van der Waals surface area contributed by atoms with E-state index in [0.29, 0.717) is 25.2 Å². The first-order valence-electron chi connectivity index (χ1n) is 11.7. The summed E-state index contributed by atoms with van der Waals surface area (Å²) in [7, 11) is 0. The molecule has 2 heterocycles. The summed E-state index contributed by atoms with van der Waals surface area (Å²) in [5, 5.41) is 0. The van der Waals surface area contributed by atoms with Crippen LogP contribution in [0.25, 0.3) is 16.9 Å². The molecule has 176 valence electrons. The van der Waals surface area contributed by atoms with Gasteiger partial charge in [0.2, 0.25) is 0 Å². The van der Waals surface area contributed by atoms with Crippen LogP contribution in [0.4, 0.5) is 8.78 Å². The Kier molecular flexibility index (Phi) is 6.27. The minimum atomic E-state index is -0.296. The van der Waals surface area contributed by atoms with Gasteiger partial charge >= 0.3 is 5.69 Å². The molecular weight excluding hydrogens is 444 g/mol. The second kappa shape index (κ2) is 9.66. The highest BCUT2D eigenvalue weighted by molar-refractivity contribution is 5.81. The minimum absolute atomic E-state index is 0.0437. The molecule has 0 aliphatic rings. The SMILES string of the molecule is Cc1cccc2c1n(-c1ccccn1)c(=O)n2CCCC(c1ccc(F)cc1)c1ccc(F)cc1. The highest BCUT2D eigenvalue weighted by Crippen LogP contribution is 2.30. The van der Waals surface area contributed by atoms with Crippen molar-refractivity contribution < 1.29 is 8.78 Å². The number of imidazole rings is 1. The third-order valence-corrected chi connectivity index (χ3v) is 6.45. The molecule has 0 bridgehead atoms. The summed E-state index contributed by atoms with van der Waals surface area (Å²) in [5.41, 5.74) is 4.49. The van der Waals surface area contributed by atoms with Crippen molar-refractivity contribution >= 4 is 11.0 Å². The largest absolute Gasteiger partial charge is 0.334 e. The number of benzene rings is 3. The zero-order valence-electron chi connectivity index (χ0n) is 19.4. The van der Waals surface area contributed by atoms with E-state index in [1.54, 1.807) is 39.6 Å². The summed E-state index contributed by atoms with van der Waals surface area (Å²) in [6.45, 7) is 2.50. The van der Waals surface area contributed by atoms with Crippen LogP contribution in [0.15, 0.2) is 95.9 Å². The van der Waals surface area contributed by atoms with Crippen LogP contribution in [0, 0.1) is 18.6 Å². The van der Waals surface area contributed by atoms with Crippen molar-refractivity contribution in [1.29, 1.82) is 0 Å². The first kappa shape index (κ1) is 22.7. The number of halogens is 2. The lowest BCUT2D eigenvalue weighted by Crippen LogP contribution is -2.24. The average molecular weight is 470 g/mol. The van der Waals surface area contributed by atoms with Crippen molar-refractivity contribution in [3.05, 3.63) is 130 Å². The maximum Gasteiger partial charge on any atom is 0.334 e. The molecule has 35 heavy (non-hydrogen) atoms. The standard InChI is InChI=1S/C29H25F2N3O/c1-20-6-4-8-26-28(20)34(27-9-2-3-18-32-27)29(35)33(26)19-5-7-25(21-10-14-23(30)15-11-21)22-12-16-24(31)17-13-22/h2-4,6,8-18,25H,5,7,19H2,1H3. The van der Waals surface area contributed by atoms with Crippen LogP contribution in [-0.2, 0) is 6.54 Å². The zero-order chi connectivity index (χ0) is 24.4. The third kappa shape index (κ3) is 4.52. The third-order valence-electron chi connectivity index (χ3n) is 6.45. The molecule has 0 atom stereocenters. The van der Waals surface area contributed by atoms with Crippen molar-refractivity contribution in [2.24, 2.45) is 0 Å². The predicted octanol–water partition coefficient (Wildman–Crippen LogP) is 6.39. The van der Waals surface area contributed by atoms with Gasteiger partial charge in [0.05, 0.1) is 11.0 Å². The number of nitrogens with zero attached hydrogens (tertiary/aromatic N) is 3. The maximum absolute atomic E-state index is 13.6. The van der Waals surface area contributed by atoms with Crippen molar-refractivity contribution in [2.45, 2.75) is 32.2 Å². The molecular formula is C29H25F2N3O. The van der Waals surface area contributed by atoms with Crippen LogP contribution >= 0.6 is 0 Å². The number of para-hydroxylation sites is 1. The predicted molar refractivity (Wildman–Crippen MR) is 134 cm³/mol. The Morgan fingerprint density at radius 3 is 2.09 bits per heavy atom. The van der Waals surface area contributed by atoms with Gasteiger partial charge in [-0.3, -0.25) is 4.57 Å². The van der Waals surface area contributed by atoms with Crippen LogP contribution < -0.4 is 5.69 Å². The van der Waals surface area contributed by atoms with Gasteiger partial charge in [-0.15, -0.1) is 0 Å². The van der Waals surface area contributed by atoms with E-state index < -0.39 is 0 Å². The van der Waals surface area contributed by atoms with Crippen molar-refractivity contribution in [2.75, 3.05) is 0 Å². The molecule has 0 amide bonds.